The maximum atomic E-state index is 14.0. The molecule has 12 saturated carbocycles. The number of nitrogens with two attached hydrogens (primary N) is 3. The topological polar surface area (TPSA) is 374 Å². The molecule has 0 radical (unpaired) electrons. The normalized spacial score (nSPS) is 30.4. The standard InChI is InChI=1S/C24H32F3N5O3.C23H30F3N5O3.C22H30F3N5O4S/c1-4-17(33)31-22(2,3)5-6-32-19(24(25,26)27)16(12-29-32)20(34)30-18-14-7-13-8-15(18)11-23(9-13,10-14)21(28)35;1-12(32)30-21(2,3)4-5-31-18(23(24,25)26)16(11-28-31)19(33)29-17-14-6-13-7-15(17)10-22(8-13,9-14)20(27)34;1-20(2,29-35(3,33)34)4-5-30-17(22(23,24)25)15(11-27-30)18(31)28-16-13-6-12-7-14(16)10-21(8-12,9-13)19(26)32/h5-6,12-15,18H,4,7-11H2,1-3H3,(H2,28,35)(H,30,34)(H,31,33);4-5,11,13-15,17H,6-10H2,1-3H3,(H2,27,34)(H,29,33)(H,30,32);4-5,11-14,16,29H,6-10H2,1-3H3,(H2,26,32)(H,28,31)/b6-5+;2*5-4+. The first-order chi connectivity index (χ1) is 47.9. The van der Waals surface area contributed by atoms with Crippen molar-refractivity contribution in [3.63, 3.8) is 0 Å². The van der Waals surface area contributed by atoms with Crippen molar-refractivity contribution in [1.82, 2.24) is 60.6 Å². The van der Waals surface area contributed by atoms with Crippen LogP contribution in [0, 0.1) is 69.5 Å². The van der Waals surface area contributed by atoms with Crippen molar-refractivity contribution < 1.29 is 86.3 Å². The quantitative estimate of drug-likeness (QED) is 0.0486. The number of nitrogens with zero attached hydrogens (tertiary/aromatic N) is 6. The molecule has 12 aliphatic rings. The van der Waals surface area contributed by atoms with Crippen LogP contribution in [-0.4, -0.2) is 126 Å². The Morgan fingerprint density at radius 2 is 0.731 bits per heavy atom. The van der Waals surface area contributed by atoms with E-state index in [2.05, 4.69) is 46.6 Å². The van der Waals surface area contributed by atoms with E-state index in [1.54, 1.807) is 34.6 Å². The molecular weight excluding hydrogens is 1400 g/mol. The molecule has 3 heterocycles. The summed E-state index contributed by atoms with van der Waals surface area (Å²) in [5.41, 5.74) is 7.03. The highest BCUT2D eigenvalue weighted by Crippen LogP contribution is 2.63. The molecular formula is C69H92F9N15O10S. The summed E-state index contributed by atoms with van der Waals surface area (Å²) in [6.07, 6.45) is 7.07. The maximum absolute atomic E-state index is 14.0. The van der Waals surface area contributed by atoms with E-state index in [-0.39, 0.29) is 89.6 Å². The van der Waals surface area contributed by atoms with E-state index in [1.165, 1.54) is 39.0 Å². The highest BCUT2D eigenvalue weighted by Gasteiger charge is 2.62. The molecule has 572 valence electrons. The second kappa shape index (κ2) is 28.0. The Hall–Kier alpha value is -8.11. The molecule has 35 heteroatoms. The number of carbonyl (C=O) groups is 8. The van der Waals surface area contributed by atoms with Crippen molar-refractivity contribution in [3.05, 3.63) is 70.6 Å². The molecule has 8 amide bonds. The van der Waals surface area contributed by atoms with Gasteiger partial charge in [-0.25, -0.2) is 27.2 Å². The fourth-order valence-corrected chi connectivity index (χ4v) is 20.4. The van der Waals surface area contributed by atoms with Crippen LogP contribution in [0.1, 0.15) is 206 Å². The smallest absolute Gasteiger partial charge is 0.369 e. The lowest BCUT2D eigenvalue weighted by atomic mass is 9.47. The van der Waals surface area contributed by atoms with Gasteiger partial charge in [-0.2, -0.15) is 54.8 Å². The van der Waals surface area contributed by atoms with Gasteiger partial charge in [-0.3, -0.25) is 38.4 Å². The van der Waals surface area contributed by atoms with E-state index in [4.69, 9.17) is 17.2 Å². The van der Waals surface area contributed by atoms with Crippen LogP contribution < -0.4 is 48.5 Å². The molecule has 3 aromatic heterocycles. The van der Waals surface area contributed by atoms with Gasteiger partial charge >= 0.3 is 18.5 Å². The van der Waals surface area contributed by atoms with Crippen LogP contribution in [0.5, 0.6) is 0 Å². The number of amides is 8. The molecule has 12 N–H and O–H groups in total. The first kappa shape index (κ1) is 78.5. The monoisotopic (exact) mass is 1490 g/mol. The van der Waals surface area contributed by atoms with Gasteiger partial charge in [-0.05, 0) is 209 Å². The number of hydrogen-bond acceptors (Lipinski definition) is 13. The van der Waals surface area contributed by atoms with Gasteiger partial charge in [0.1, 0.15) is 0 Å². The molecule has 104 heavy (non-hydrogen) atoms. The number of sulfonamides is 1. The predicted octanol–water partition coefficient (Wildman–Crippen LogP) is 7.90. The van der Waals surface area contributed by atoms with E-state index < -0.39 is 113 Å². The average molecular weight is 1490 g/mol. The number of rotatable bonds is 20. The van der Waals surface area contributed by atoms with Crippen LogP contribution in [0.2, 0.25) is 0 Å². The van der Waals surface area contributed by atoms with Crippen molar-refractivity contribution in [2.75, 3.05) is 6.26 Å². The number of halogens is 9. The molecule has 0 saturated heterocycles. The third kappa shape index (κ3) is 16.8. The number of alkyl halides is 9. The highest BCUT2D eigenvalue weighted by atomic mass is 32.2. The van der Waals surface area contributed by atoms with Crippen LogP contribution in [-0.2, 0) is 52.5 Å². The lowest BCUT2D eigenvalue weighted by Crippen LogP contribution is -2.62. The Kier molecular flexibility index (Phi) is 21.1. The van der Waals surface area contributed by atoms with Crippen molar-refractivity contribution in [3.8, 4) is 0 Å². The average Bonchev–Trinajstić information content (AvgIpc) is 0.895. The third-order valence-electron chi connectivity index (χ3n) is 22.8. The van der Waals surface area contributed by atoms with Gasteiger partial charge in [0.2, 0.25) is 39.6 Å². The predicted molar refractivity (Wildman–Crippen MR) is 359 cm³/mol. The summed E-state index contributed by atoms with van der Waals surface area (Å²) in [4.78, 5) is 98.6. The fraction of sp³-hybridized carbons (Fsp3) is 0.667. The SMILES string of the molecule is CC(=O)NC(C)(C)/C=C/n1ncc(C(=O)NC2C3CC4CC2CC(C(N)=O)(C4)C3)c1C(F)(F)F.CC(C)(/C=C/n1ncc(C(=O)NC2C3CC4CC2CC(C(N)=O)(C4)C3)c1C(F)(F)F)NS(C)(=O)=O.CCC(=O)NC(C)(C)/C=C/n1ncc(C(=O)NC2C3CC4CC2CC(C(N)=O)(C4)C3)c1C(F)(F)F. The molecule has 25 nitrogen and oxygen atoms in total. The van der Waals surface area contributed by atoms with Crippen LogP contribution in [0.15, 0.2) is 36.8 Å². The number of aromatic nitrogens is 6. The largest absolute Gasteiger partial charge is 0.434 e. The van der Waals surface area contributed by atoms with Crippen LogP contribution in [0.3, 0.4) is 0 Å². The summed E-state index contributed by atoms with van der Waals surface area (Å²) in [5.74, 6) is -2.95. The summed E-state index contributed by atoms with van der Waals surface area (Å²) >= 11 is 0. The molecule has 3 aromatic rings. The summed E-state index contributed by atoms with van der Waals surface area (Å²) in [6.45, 7) is 12.5. The first-order valence-electron chi connectivity index (χ1n) is 34.9. The minimum atomic E-state index is -4.89. The molecule has 0 spiro atoms. The summed E-state index contributed by atoms with van der Waals surface area (Å²) < 4.78 is 153. The van der Waals surface area contributed by atoms with Gasteiger partial charge in [0.05, 0.1) is 52.6 Å². The fourth-order valence-electron chi connectivity index (χ4n) is 19.4. The molecule has 12 fully saturated rings. The lowest BCUT2D eigenvalue weighted by Gasteiger charge is -2.58. The molecule has 6 unspecified atom stereocenters. The Balaban J connectivity index is 0.000000167. The minimum absolute atomic E-state index is 0.00940. The maximum Gasteiger partial charge on any atom is 0.434 e. The van der Waals surface area contributed by atoms with Gasteiger partial charge in [-0.1, -0.05) is 6.92 Å². The zero-order valence-electron chi connectivity index (χ0n) is 59.2. The third-order valence-corrected chi connectivity index (χ3v) is 23.7. The van der Waals surface area contributed by atoms with E-state index in [0.717, 1.165) is 101 Å². The second-order valence-corrected chi connectivity index (χ2v) is 34.2. The van der Waals surface area contributed by atoms with Gasteiger partial charge in [0.25, 0.3) is 17.7 Å². The van der Waals surface area contributed by atoms with Gasteiger partial charge < -0.3 is 43.8 Å². The van der Waals surface area contributed by atoms with E-state index >= 15 is 0 Å². The Labute approximate surface area is 595 Å². The van der Waals surface area contributed by atoms with Crippen molar-refractivity contribution in [2.45, 2.75) is 211 Å². The summed E-state index contributed by atoms with van der Waals surface area (Å²) in [6, 6.07) is -0.922. The number of hydrogen-bond donors (Lipinski definition) is 9. The molecule has 12 bridgehead atoms. The van der Waals surface area contributed by atoms with Crippen LogP contribution >= 0.6 is 0 Å². The van der Waals surface area contributed by atoms with Crippen molar-refractivity contribution in [2.24, 2.45) is 86.7 Å². The zero-order chi connectivity index (χ0) is 76.8. The van der Waals surface area contributed by atoms with E-state index in [1.807, 2.05) is 0 Å². The lowest BCUT2D eigenvalue weighted by molar-refractivity contribution is -0.146. The van der Waals surface area contributed by atoms with Gasteiger partial charge in [0.15, 0.2) is 17.1 Å². The minimum Gasteiger partial charge on any atom is -0.369 e. The molecule has 6 atom stereocenters. The number of primary amides is 3. The molecule has 0 aliphatic heterocycles. The summed E-state index contributed by atoms with van der Waals surface area (Å²) in [7, 11) is -3.61. The molecule has 15 rings (SSSR count). The first-order valence-corrected chi connectivity index (χ1v) is 36.8. The molecule has 0 aromatic carbocycles. The Bertz CT molecular complexity index is 4050. The summed E-state index contributed by atoms with van der Waals surface area (Å²) in [5, 5.41) is 25.1. The molecule has 12 aliphatic carbocycles. The zero-order valence-corrected chi connectivity index (χ0v) is 60.1. The second-order valence-electron chi connectivity index (χ2n) is 32.5. The Morgan fingerprint density at radius 3 is 0.962 bits per heavy atom. The van der Waals surface area contributed by atoms with E-state index in [0.29, 0.717) is 70.3 Å². The van der Waals surface area contributed by atoms with Crippen molar-refractivity contribution in [1.29, 1.82) is 0 Å². The van der Waals surface area contributed by atoms with E-state index in [9.17, 15) is 86.3 Å². The van der Waals surface area contributed by atoms with Gasteiger partial charge in [-0.15, -0.1) is 0 Å². The number of carbonyl (C=O) groups excluding carboxylic acids is 8. The van der Waals surface area contributed by atoms with Gasteiger partial charge in [0, 0.05) is 71.9 Å². The van der Waals surface area contributed by atoms with Crippen molar-refractivity contribution >= 4 is 75.9 Å². The number of nitrogens with one attached hydrogen (secondary N) is 6. The Morgan fingerprint density at radius 1 is 0.471 bits per heavy atom. The highest BCUT2D eigenvalue weighted by molar-refractivity contribution is 7.88. The van der Waals surface area contributed by atoms with Crippen LogP contribution in [0.4, 0.5) is 39.5 Å². The van der Waals surface area contributed by atoms with Crippen LogP contribution in [0.25, 0.3) is 18.6 Å².